The standard InChI is InChI=1S/C18H19N3S3/c1-4-21(5-2)18(22)24-17-15-14(13-9-7-6-8-10-13)11-23-16(15)19-12(3)20-17/h6-11H,4-5H2,1-3H3. The molecule has 6 heteroatoms. The number of rotatable bonds is 4. The molecule has 0 aliphatic rings. The number of fused-ring (bicyclic) bond motifs is 1. The van der Waals surface area contributed by atoms with Crippen molar-refractivity contribution in [3.63, 3.8) is 0 Å². The number of thiocarbonyl (C=S) groups is 1. The summed E-state index contributed by atoms with van der Waals surface area (Å²) < 4.78 is 0.865. The van der Waals surface area contributed by atoms with Crippen molar-refractivity contribution in [1.29, 1.82) is 0 Å². The highest BCUT2D eigenvalue weighted by atomic mass is 32.2. The minimum absolute atomic E-state index is 0.786. The van der Waals surface area contributed by atoms with Crippen molar-refractivity contribution in [3.05, 3.63) is 41.5 Å². The van der Waals surface area contributed by atoms with Crippen LogP contribution < -0.4 is 0 Å². The Morgan fingerprint density at radius 3 is 2.54 bits per heavy atom. The van der Waals surface area contributed by atoms with Gasteiger partial charge in [-0.1, -0.05) is 42.5 Å². The van der Waals surface area contributed by atoms with E-state index in [0.29, 0.717) is 0 Å². The summed E-state index contributed by atoms with van der Waals surface area (Å²) in [5.41, 5.74) is 2.37. The number of thioether (sulfide) groups is 1. The monoisotopic (exact) mass is 373 g/mol. The molecule has 3 nitrogen and oxygen atoms in total. The van der Waals surface area contributed by atoms with E-state index in [1.165, 1.54) is 11.1 Å². The fraction of sp³-hybridized carbons (Fsp3) is 0.278. The van der Waals surface area contributed by atoms with Gasteiger partial charge in [0.05, 0.1) is 5.39 Å². The minimum atomic E-state index is 0.786. The van der Waals surface area contributed by atoms with Crippen LogP contribution in [0.1, 0.15) is 19.7 Å². The maximum Gasteiger partial charge on any atom is 0.142 e. The summed E-state index contributed by atoms with van der Waals surface area (Å²) in [4.78, 5) is 12.5. The first-order valence-corrected chi connectivity index (χ1v) is 10.0. The molecule has 0 aliphatic heterocycles. The van der Waals surface area contributed by atoms with Crippen LogP contribution in [0.5, 0.6) is 0 Å². The molecule has 124 valence electrons. The lowest BCUT2D eigenvalue weighted by molar-refractivity contribution is 0.482. The highest BCUT2D eigenvalue weighted by Crippen LogP contribution is 2.38. The largest absolute Gasteiger partial charge is 0.358 e. The highest BCUT2D eigenvalue weighted by molar-refractivity contribution is 8.23. The number of thiophene rings is 1. The van der Waals surface area contributed by atoms with E-state index in [9.17, 15) is 0 Å². The van der Waals surface area contributed by atoms with Crippen LogP contribution in [0.25, 0.3) is 21.3 Å². The zero-order chi connectivity index (χ0) is 17.1. The summed E-state index contributed by atoms with van der Waals surface area (Å²) in [5, 5.41) is 4.23. The molecule has 0 spiro atoms. The Morgan fingerprint density at radius 2 is 1.88 bits per heavy atom. The van der Waals surface area contributed by atoms with E-state index >= 15 is 0 Å². The van der Waals surface area contributed by atoms with E-state index in [0.717, 1.165) is 38.5 Å². The molecule has 3 rings (SSSR count). The SMILES string of the molecule is CCN(CC)C(=S)Sc1nc(C)nc2scc(-c3ccccc3)c12. The van der Waals surface area contributed by atoms with Gasteiger partial charge in [-0.05, 0) is 38.1 Å². The van der Waals surface area contributed by atoms with Gasteiger partial charge in [-0.25, -0.2) is 9.97 Å². The minimum Gasteiger partial charge on any atom is -0.358 e. The molecule has 2 aromatic heterocycles. The second-order valence-electron chi connectivity index (χ2n) is 5.31. The van der Waals surface area contributed by atoms with E-state index in [1.54, 1.807) is 23.1 Å². The molecule has 0 N–H and O–H groups in total. The molecule has 2 heterocycles. The van der Waals surface area contributed by atoms with E-state index in [4.69, 9.17) is 17.2 Å². The van der Waals surface area contributed by atoms with Gasteiger partial charge >= 0.3 is 0 Å². The molecule has 0 radical (unpaired) electrons. The van der Waals surface area contributed by atoms with Crippen molar-refractivity contribution in [2.24, 2.45) is 0 Å². The molecular weight excluding hydrogens is 354 g/mol. The molecule has 3 aromatic rings. The average molecular weight is 374 g/mol. The van der Waals surface area contributed by atoms with Crippen LogP contribution in [0.3, 0.4) is 0 Å². The third-order valence-electron chi connectivity index (χ3n) is 3.80. The van der Waals surface area contributed by atoms with Gasteiger partial charge in [0.1, 0.15) is 20.0 Å². The molecule has 1 aromatic carbocycles. The quantitative estimate of drug-likeness (QED) is 0.348. The van der Waals surface area contributed by atoms with Crippen molar-refractivity contribution in [3.8, 4) is 11.1 Å². The van der Waals surface area contributed by atoms with Crippen molar-refractivity contribution in [2.45, 2.75) is 25.8 Å². The Morgan fingerprint density at radius 1 is 1.17 bits per heavy atom. The third-order valence-corrected chi connectivity index (χ3v) is 6.10. The molecule has 0 fully saturated rings. The molecular formula is C18H19N3S3. The number of hydrogen-bond acceptors (Lipinski definition) is 5. The van der Waals surface area contributed by atoms with Crippen LogP contribution in [-0.2, 0) is 0 Å². The Bertz CT molecular complexity index is 855. The zero-order valence-electron chi connectivity index (χ0n) is 13.9. The van der Waals surface area contributed by atoms with Gasteiger partial charge in [-0.2, -0.15) is 0 Å². The summed E-state index contributed by atoms with van der Waals surface area (Å²) in [6.45, 7) is 8.00. The van der Waals surface area contributed by atoms with E-state index < -0.39 is 0 Å². The van der Waals surface area contributed by atoms with Crippen LogP contribution in [0, 0.1) is 6.92 Å². The lowest BCUT2D eigenvalue weighted by Gasteiger charge is -2.20. The first-order chi connectivity index (χ1) is 11.6. The van der Waals surface area contributed by atoms with Gasteiger partial charge in [-0.3, -0.25) is 0 Å². The normalized spacial score (nSPS) is 11.0. The predicted molar refractivity (Wildman–Crippen MR) is 109 cm³/mol. The number of aryl methyl sites for hydroxylation is 1. The van der Waals surface area contributed by atoms with Gasteiger partial charge in [0.25, 0.3) is 0 Å². The number of nitrogens with zero attached hydrogens (tertiary/aromatic N) is 3. The van der Waals surface area contributed by atoms with Gasteiger partial charge < -0.3 is 4.90 Å². The second kappa shape index (κ2) is 7.59. The van der Waals surface area contributed by atoms with Gasteiger partial charge in [0, 0.05) is 24.0 Å². The van der Waals surface area contributed by atoms with Crippen LogP contribution >= 0.6 is 35.3 Å². The molecule has 0 saturated carbocycles. The summed E-state index contributed by atoms with van der Waals surface area (Å²) in [6, 6.07) is 10.4. The summed E-state index contributed by atoms with van der Waals surface area (Å²) in [7, 11) is 0. The molecule has 24 heavy (non-hydrogen) atoms. The summed E-state index contributed by atoms with van der Waals surface area (Å²) in [6.07, 6.45) is 0. The van der Waals surface area contributed by atoms with Crippen LogP contribution in [0.15, 0.2) is 40.7 Å². The van der Waals surface area contributed by atoms with Crippen molar-refractivity contribution in [1.82, 2.24) is 14.9 Å². The van der Waals surface area contributed by atoms with E-state index in [2.05, 4.69) is 53.4 Å². The van der Waals surface area contributed by atoms with Crippen LogP contribution in [0.4, 0.5) is 0 Å². The molecule has 0 aliphatic carbocycles. The zero-order valence-corrected chi connectivity index (χ0v) is 16.4. The van der Waals surface area contributed by atoms with Crippen molar-refractivity contribution < 1.29 is 0 Å². The van der Waals surface area contributed by atoms with Crippen LogP contribution in [0.2, 0.25) is 0 Å². The Hall–Kier alpha value is -1.50. The lowest BCUT2D eigenvalue weighted by Crippen LogP contribution is -2.26. The topological polar surface area (TPSA) is 29.0 Å². The first-order valence-electron chi connectivity index (χ1n) is 7.92. The summed E-state index contributed by atoms with van der Waals surface area (Å²) >= 11 is 8.86. The number of hydrogen-bond donors (Lipinski definition) is 0. The van der Waals surface area contributed by atoms with Gasteiger partial charge in [-0.15, -0.1) is 11.3 Å². The second-order valence-corrected chi connectivity index (χ2v) is 7.79. The predicted octanol–water partition coefficient (Wildman–Crippen LogP) is 5.39. The first kappa shape index (κ1) is 17.3. The highest BCUT2D eigenvalue weighted by Gasteiger charge is 2.17. The van der Waals surface area contributed by atoms with Crippen LogP contribution in [-0.4, -0.2) is 32.3 Å². The van der Waals surface area contributed by atoms with E-state index in [1.807, 2.05) is 13.0 Å². The molecule has 0 unspecified atom stereocenters. The third kappa shape index (κ3) is 3.45. The van der Waals surface area contributed by atoms with Crippen molar-refractivity contribution >= 4 is 49.9 Å². The van der Waals surface area contributed by atoms with Gasteiger partial charge in [0.15, 0.2) is 0 Å². The summed E-state index contributed by atoms with van der Waals surface area (Å²) in [5.74, 6) is 0.786. The fourth-order valence-electron chi connectivity index (χ4n) is 2.54. The smallest absolute Gasteiger partial charge is 0.142 e. The maximum absolute atomic E-state index is 5.63. The molecule has 0 bridgehead atoms. The molecule has 0 atom stereocenters. The number of benzene rings is 1. The fourth-order valence-corrected chi connectivity index (χ4v) is 5.14. The molecule has 0 amide bonds. The van der Waals surface area contributed by atoms with Gasteiger partial charge in [0.2, 0.25) is 0 Å². The van der Waals surface area contributed by atoms with Crippen molar-refractivity contribution in [2.75, 3.05) is 13.1 Å². The maximum atomic E-state index is 5.63. The Labute approximate surface area is 156 Å². The Balaban J connectivity index is 2.10. The number of aromatic nitrogens is 2. The molecule has 0 saturated heterocycles. The van der Waals surface area contributed by atoms with E-state index in [-0.39, 0.29) is 0 Å². The average Bonchev–Trinajstić information content (AvgIpc) is 3.00. The lowest BCUT2D eigenvalue weighted by atomic mass is 10.1. The Kier molecular flexibility index (Phi) is 5.48.